The number of hydrogen-bond acceptors (Lipinski definition) is 3. The van der Waals surface area contributed by atoms with Crippen LogP contribution in [0.1, 0.15) is 44.6 Å². The van der Waals surface area contributed by atoms with Crippen molar-refractivity contribution >= 4 is 0 Å². The van der Waals surface area contributed by atoms with Crippen LogP contribution in [0, 0.1) is 5.92 Å². The predicted molar refractivity (Wildman–Crippen MR) is 75.5 cm³/mol. The molecule has 19 heavy (non-hydrogen) atoms. The normalized spacial score (nSPS) is 30.7. The predicted octanol–water partition coefficient (Wildman–Crippen LogP) is 3.21. The molecule has 1 aliphatic carbocycles. The molecule has 0 spiro atoms. The van der Waals surface area contributed by atoms with Gasteiger partial charge in [-0.05, 0) is 36.5 Å². The maximum Gasteiger partial charge on any atom is 0.161 e. The second-order valence-electron chi connectivity index (χ2n) is 6.07. The number of benzene rings is 1. The van der Waals surface area contributed by atoms with Crippen molar-refractivity contribution < 1.29 is 9.47 Å². The van der Waals surface area contributed by atoms with Gasteiger partial charge < -0.3 is 15.2 Å². The Hall–Kier alpha value is -1.22. The smallest absolute Gasteiger partial charge is 0.161 e. The molecule has 2 atom stereocenters. The van der Waals surface area contributed by atoms with Crippen LogP contribution in [-0.2, 0) is 5.54 Å². The SMILES string of the molecule is CC1CCCC(N)(c2ccc3c(c2)OCCCO3)C1. The van der Waals surface area contributed by atoms with Gasteiger partial charge in [-0.3, -0.25) is 0 Å². The quantitative estimate of drug-likeness (QED) is 0.844. The van der Waals surface area contributed by atoms with E-state index in [0.717, 1.165) is 44.0 Å². The first-order valence-corrected chi connectivity index (χ1v) is 7.36. The molecule has 1 fully saturated rings. The minimum atomic E-state index is -0.192. The number of nitrogens with two attached hydrogens (primary N) is 1. The molecule has 0 bridgehead atoms. The minimum Gasteiger partial charge on any atom is -0.490 e. The third kappa shape index (κ3) is 2.57. The molecule has 104 valence electrons. The van der Waals surface area contributed by atoms with E-state index in [-0.39, 0.29) is 5.54 Å². The van der Waals surface area contributed by atoms with Gasteiger partial charge in [-0.1, -0.05) is 25.8 Å². The summed E-state index contributed by atoms with van der Waals surface area (Å²) in [6.45, 7) is 3.76. The van der Waals surface area contributed by atoms with Gasteiger partial charge in [0, 0.05) is 12.0 Å². The molecule has 1 aromatic rings. The molecule has 1 aliphatic heterocycles. The Balaban J connectivity index is 1.90. The Labute approximate surface area is 115 Å². The monoisotopic (exact) mass is 261 g/mol. The summed E-state index contributed by atoms with van der Waals surface area (Å²) in [6.07, 6.45) is 5.58. The molecule has 3 nitrogen and oxygen atoms in total. The van der Waals surface area contributed by atoms with Gasteiger partial charge in [-0.2, -0.15) is 0 Å². The molecule has 1 aromatic carbocycles. The Morgan fingerprint density at radius 1 is 1.16 bits per heavy atom. The van der Waals surface area contributed by atoms with E-state index in [1.807, 2.05) is 6.07 Å². The highest BCUT2D eigenvalue weighted by molar-refractivity contribution is 5.45. The molecular weight excluding hydrogens is 238 g/mol. The molecule has 0 aromatic heterocycles. The highest BCUT2D eigenvalue weighted by atomic mass is 16.5. The van der Waals surface area contributed by atoms with Crippen LogP contribution in [-0.4, -0.2) is 13.2 Å². The fourth-order valence-electron chi connectivity index (χ4n) is 3.33. The molecule has 3 rings (SSSR count). The average molecular weight is 261 g/mol. The minimum absolute atomic E-state index is 0.192. The van der Waals surface area contributed by atoms with Gasteiger partial charge >= 0.3 is 0 Å². The first-order valence-electron chi connectivity index (χ1n) is 7.36. The lowest BCUT2D eigenvalue weighted by Crippen LogP contribution is -2.40. The van der Waals surface area contributed by atoms with E-state index in [1.54, 1.807) is 0 Å². The van der Waals surface area contributed by atoms with Crippen molar-refractivity contribution in [2.75, 3.05) is 13.2 Å². The summed E-state index contributed by atoms with van der Waals surface area (Å²) in [5.41, 5.74) is 7.65. The largest absolute Gasteiger partial charge is 0.490 e. The zero-order valence-corrected chi connectivity index (χ0v) is 11.7. The molecule has 2 N–H and O–H groups in total. The number of rotatable bonds is 1. The Kier molecular flexibility index (Phi) is 3.40. The van der Waals surface area contributed by atoms with Gasteiger partial charge in [-0.25, -0.2) is 0 Å². The summed E-state index contributed by atoms with van der Waals surface area (Å²) in [4.78, 5) is 0. The first-order chi connectivity index (χ1) is 9.17. The van der Waals surface area contributed by atoms with Crippen LogP contribution >= 0.6 is 0 Å². The van der Waals surface area contributed by atoms with Crippen LogP contribution in [0.15, 0.2) is 18.2 Å². The van der Waals surface area contributed by atoms with Gasteiger partial charge in [0.1, 0.15) is 0 Å². The first kappa shape index (κ1) is 12.8. The van der Waals surface area contributed by atoms with Crippen LogP contribution < -0.4 is 15.2 Å². The molecule has 0 amide bonds. The van der Waals surface area contributed by atoms with Gasteiger partial charge in [0.2, 0.25) is 0 Å². The van der Waals surface area contributed by atoms with Crippen molar-refractivity contribution in [2.24, 2.45) is 11.7 Å². The lowest BCUT2D eigenvalue weighted by molar-refractivity contribution is 0.238. The Bertz CT molecular complexity index is 460. The van der Waals surface area contributed by atoms with Crippen LogP contribution in [0.5, 0.6) is 11.5 Å². The van der Waals surface area contributed by atoms with Crippen LogP contribution in [0.3, 0.4) is 0 Å². The summed E-state index contributed by atoms with van der Waals surface area (Å²) < 4.78 is 11.5. The van der Waals surface area contributed by atoms with Crippen molar-refractivity contribution in [1.82, 2.24) is 0 Å². The van der Waals surface area contributed by atoms with Crippen molar-refractivity contribution in [3.8, 4) is 11.5 Å². The summed E-state index contributed by atoms with van der Waals surface area (Å²) >= 11 is 0. The molecular formula is C16H23NO2. The fraction of sp³-hybridized carbons (Fsp3) is 0.625. The molecule has 2 unspecified atom stereocenters. The van der Waals surface area contributed by atoms with E-state index in [0.29, 0.717) is 5.92 Å². The number of hydrogen-bond donors (Lipinski definition) is 1. The molecule has 0 radical (unpaired) electrons. The Morgan fingerprint density at radius 2 is 1.95 bits per heavy atom. The summed E-state index contributed by atoms with van der Waals surface area (Å²) in [6, 6.07) is 6.23. The molecule has 2 aliphatic rings. The summed E-state index contributed by atoms with van der Waals surface area (Å²) in [5.74, 6) is 2.42. The van der Waals surface area contributed by atoms with Gasteiger partial charge in [0.05, 0.1) is 13.2 Å². The molecule has 1 heterocycles. The lowest BCUT2D eigenvalue weighted by Gasteiger charge is -2.37. The second-order valence-corrected chi connectivity index (χ2v) is 6.07. The maximum atomic E-state index is 6.65. The van der Waals surface area contributed by atoms with Crippen molar-refractivity contribution in [3.63, 3.8) is 0 Å². The van der Waals surface area contributed by atoms with Crippen molar-refractivity contribution in [1.29, 1.82) is 0 Å². The fourth-order valence-corrected chi connectivity index (χ4v) is 3.33. The second kappa shape index (κ2) is 5.04. The standard InChI is InChI=1S/C16H23NO2/c1-12-4-2-7-16(17,11-12)13-5-6-14-15(10-13)19-9-3-8-18-14/h5-6,10,12H,2-4,7-9,11,17H2,1H3. The lowest BCUT2D eigenvalue weighted by atomic mass is 9.73. The van der Waals surface area contributed by atoms with Crippen LogP contribution in [0.25, 0.3) is 0 Å². The molecule has 0 saturated heterocycles. The van der Waals surface area contributed by atoms with Gasteiger partial charge in [-0.15, -0.1) is 0 Å². The summed E-state index contributed by atoms with van der Waals surface area (Å²) in [5, 5.41) is 0. The van der Waals surface area contributed by atoms with Crippen LogP contribution in [0.4, 0.5) is 0 Å². The Morgan fingerprint density at radius 3 is 2.74 bits per heavy atom. The van der Waals surface area contributed by atoms with E-state index in [2.05, 4.69) is 19.1 Å². The van der Waals surface area contributed by atoms with E-state index in [9.17, 15) is 0 Å². The van der Waals surface area contributed by atoms with E-state index in [1.165, 1.54) is 18.4 Å². The molecule has 1 saturated carbocycles. The third-order valence-corrected chi connectivity index (χ3v) is 4.35. The summed E-state index contributed by atoms with van der Waals surface area (Å²) in [7, 11) is 0. The average Bonchev–Trinajstić information content (AvgIpc) is 2.62. The maximum absolute atomic E-state index is 6.65. The zero-order valence-electron chi connectivity index (χ0n) is 11.7. The molecule has 3 heteroatoms. The number of ether oxygens (including phenoxy) is 2. The van der Waals surface area contributed by atoms with Gasteiger partial charge in [0.15, 0.2) is 11.5 Å². The topological polar surface area (TPSA) is 44.5 Å². The third-order valence-electron chi connectivity index (χ3n) is 4.35. The van der Waals surface area contributed by atoms with Crippen molar-refractivity contribution in [2.45, 2.75) is 44.6 Å². The van der Waals surface area contributed by atoms with Crippen molar-refractivity contribution in [3.05, 3.63) is 23.8 Å². The zero-order chi connectivity index (χ0) is 13.3. The van der Waals surface area contributed by atoms with Crippen LogP contribution in [0.2, 0.25) is 0 Å². The van der Waals surface area contributed by atoms with E-state index in [4.69, 9.17) is 15.2 Å². The van der Waals surface area contributed by atoms with E-state index >= 15 is 0 Å². The van der Waals surface area contributed by atoms with Gasteiger partial charge in [0.25, 0.3) is 0 Å². The highest BCUT2D eigenvalue weighted by Crippen LogP contribution is 2.41. The van der Waals surface area contributed by atoms with E-state index < -0.39 is 0 Å². The highest BCUT2D eigenvalue weighted by Gasteiger charge is 2.33. The number of fused-ring (bicyclic) bond motifs is 1.